The maximum absolute atomic E-state index is 13.3. The molecule has 3 aromatic rings. The summed E-state index contributed by atoms with van der Waals surface area (Å²) in [5, 5.41) is 4.89. The molecule has 326 valence electrons. The first kappa shape index (κ1) is 43.4. The van der Waals surface area contributed by atoms with Gasteiger partial charge in [0, 0.05) is 88.4 Å². The van der Waals surface area contributed by atoms with Crippen molar-refractivity contribution >= 4 is 35.9 Å². The molecule has 5 heterocycles. The minimum absolute atomic E-state index is 0.0782. The molecule has 0 radical (unpaired) electrons. The van der Waals surface area contributed by atoms with Crippen LogP contribution in [-0.2, 0) is 40.9 Å². The Morgan fingerprint density at radius 3 is 2.23 bits per heavy atom. The number of fused-ring (bicyclic) bond motifs is 1. The number of piperidine rings is 2. The first-order valence-corrected chi connectivity index (χ1v) is 21.3. The third-order valence-electron chi connectivity index (χ3n) is 13.0. The van der Waals surface area contributed by atoms with Gasteiger partial charge in [-0.3, -0.25) is 44.0 Å². The second kappa shape index (κ2) is 18.9. The quantitative estimate of drug-likeness (QED) is 0.204. The molecule has 1 atom stereocenters. The number of urea groups is 1. The molecule has 0 aliphatic carbocycles. The highest BCUT2D eigenvalue weighted by Gasteiger charge is 2.35. The van der Waals surface area contributed by atoms with Gasteiger partial charge in [-0.15, -0.1) is 0 Å². The molecule has 16 heteroatoms. The zero-order valence-electron chi connectivity index (χ0n) is 36.0. The zero-order chi connectivity index (χ0) is 43.4. The van der Waals surface area contributed by atoms with E-state index in [4.69, 9.17) is 9.47 Å². The van der Waals surface area contributed by atoms with Crippen LogP contribution in [-0.4, -0.2) is 134 Å². The number of likely N-dealkylation sites (tertiary alicyclic amines) is 1. The summed E-state index contributed by atoms with van der Waals surface area (Å²) >= 11 is 0. The van der Waals surface area contributed by atoms with Gasteiger partial charge >= 0.3 is 6.03 Å². The number of carbonyl (C=O) groups excluding carboxylic acids is 5. The Morgan fingerprint density at radius 2 is 1.61 bits per heavy atom. The SMILES string of the molecule is CNC(=O)N1CCc2c(-c3cc(OC)c(CN4CCC(CCN5CCN(c6ccc(C(=O)N(C=O)C7CCC(=O)NC7=O)c(C)c6)CC5)CC4)c(OC)c3)cn(C)c(=O)c2C1. The van der Waals surface area contributed by atoms with Crippen molar-refractivity contribution in [3.63, 3.8) is 0 Å². The van der Waals surface area contributed by atoms with E-state index in [1.165, 1.54) is 0 Å². The molecule has 16 nitrogen and oxygen atoms in total. The average Bonchev–Trinajstić information content (AvgIpc) is 3.27. The fraction of sp³-hybridized carbons (Fsp3) is 0.511. The number of nitrogens with zero attached hydrogens (tertiary/aromatic N) is 6. The van der Waals surface area contributed by atoms with Crippen molar-refractivity contribution in [3.05, 3.63) is 74.7 Å². The van der Waals surface area contributed by atoms with E-state index in [-0.39, 0.29) is 31.0 Å². The van der Waals surface area contributed by atoms with E-state index in [1.807, 2.05) is 37.4 Å². The molecular weight excluding hydrogens is 781 g/mol. The highest BCUT2D eigenvalue weighted by Crippen LogP contribution is 2.39. The summed E-state index contributed by atoms with van der Waals surface area (Å²) in [5.41, 5.74) is 6.44. The van der Waals surface area contributed by atoms with E-state index in [2.05, 4.69) is 25.3 Å². The first-order valence-electron chi connectivity index (χ1n) is 21.3. The minimum atomic E-state index is -1.00. The van der Waals surface area contributed by atoms with Crippen LogP contribution in [0, 0.1) is 12.8 Å². The monoisotopic (exact) mass is 838 g/mol. The van der Waals surface area contributed by atoms with Crippen LogP contribution in [0.4, 0.5) is 10.5 Å². The van der Waals surface area contributed by atoms with Crippen LogP contribution >= 0.6 is 0 Å². The molecule has 3 fully saturated rings. The molecule has 6 amide bonds. The van der Waals surface area contributed by atoms with Crippen LogP contribution in [0.3, 0.4) is 0 Å². The molecule has 0 bridgehead atoms. The molecule has 1 aromatic heterocycles. The van der Waals surface area contributed by atoms with Crippen molar-refractivity contribution in [2.45, 2.75) is 64.6 Å². The van der Waals surface area contributed by atoms with E-state index in [0.29, 0.717) is 43.0 Å². The molecule has 0 saturated carbocycles. The molecule has 0 spiro atoms. The van der Waals surface area contributed by atoms with E-state index >= 15 is 0 Å². The highest BCUT2D eigenvalue weighted by atomic mass is 16.5. The number of benzene rings is 2. The van der Waals surface area contributed by atoms with Crippen LogP contribution in [0.1, 0.15) is 64.7 Å². The van der Waals surface area contributed by atoms with E-state index in [0.717, 1.165) is 115 Å². The standard InChI is InChI=1S/C45H58N8O8/c1-29-22-32(6-7-33(29)44(58)53(28-54)38-8-9-41(55)47-42(38)56)51-20-18-49(19-21-51)14-10-30-11-15-50(16-12-30)26-37-39(60-4)23-31(24-40(37)61-5)35-25-48(3)43(57)36-27-52(45(59)46-2)17-13-34(35)36/h6-7,22-25,28,30,38H,8-21,26-27H2,1-5H3,(H,46,59)(H,47,55,56). The fourth-order valence-electron chi connectivity index (χ4n) is 9.36. The number of imide groups is 2. The zero-order valence-corrected chi connectivity index (χ0v) is 36.0. The summed E-state index contributed by atoms with van der Waals surface area (Å²) in [6, 6.07) is 8.49. The van der Waals surface area contributed by atoms with E-state index in [9.17, 15) is 28.8 Å². The highest BCUT2D eigenvalue weighted by molar-refractivity contribution is 6.07. The minimum Gasteiger partial charge on any atom is -0.496 e. The van der Waals surface area contributed by atoms with Crippen molar-refractivity contribution < 1.29 is 33.4 Å². The second-order valence-electron chi connectivity index (χ2n) is 16.6. The molecule has 1 unspecified atom stereocenters. The molecule has 61 heavy (non-hydrogen) atoms. The lowest BCUT2D eigenvalue weighted by atomic mass is 9.91. The number of hydrogen-bond acceptors (Lipinski definition) is 11. The van der Waals surface area contributed by atoms with Gasteiger partial charge < -0.3 is 29.2 Å². The molecular formula is C45H58N8O8. The van der Waals surface area contributed by atoms with Crippen LogP contribution in [0.25, 0.3) is 11.1 Å². The Balaban J connectivity index is 0.904. The number of anilines is 1. The van der Waals surface area contributed by atoms with Crippen molar-refractivity contribution in [1.29, 1.82) is 0 Å². The molecule has 2 N–H and O–H groups in total. The van der Waals surface area contributed by atoms with E-state index < -0.39 is 23.8 Å². The number of pyridine rings is 1. The number of hydrogen-bond donors (Lipinski definition) is 2. The van der Waals surface area contributed by atoms with Crippen molar-refractivity contribution in [2.24, 2.45) is 13.0 Å². The van der Waals surface area contributed by atoms with Crippen molar-refractivity contribution in [3.8, 4) is 22.6 Å². The maximum atomic E-state index is 13.3. The van der Waals surface area contributed by atoms with Gasteiger partial charge in [0.1, 0.15) is 17.5 Å². The number of nitrogens with one attached hydrogen (secondary N) is 2. The average molecular weight is 839 g/mol. The lowest BCUT2D eigenvalue weighted by molar-refractivity contribution is -0.139. The smallest absolute Gasteiger partial charge is 0.317 e. The van der Waals surface area contributed by atoms with Gasteiger partial charge in [-0.1, -0.05) is 0 Å². The lowest BCUT2D eigenvalue weighted by Gasteiger charge is -2.38. The summed E-state index contributed by atoms with van der Waals surface area (Å²) in [6.45, 7) is 9.97. The van der Waals surface area contributed by atoms with Crippen LogP contribution < -0.4 is 30.6 Å². The number of aromatic nitrogens is 1. The van der Waals surface area contributed by atoms with Crippen LogP contribution in [0.5, 0.6) is 11.5 Å². The summed E-state index contributed by atoms with van der Waals surface area (Å²) in [6.07, 6.45) is 6.41. The van der Waals surface area contributed by atoms with Gasteiger partial charge in [0.25, 0.3) is 11.5 Å². The normalized spacial score (nSPS) is 18.9. The Morgan fingerprint density at radius 1 is 0.902 bits per heavy atom. The Labute approximate surface area is 356 Å². The molecule has 7 rings (SSSR count). The summed E-state index contributed by atoms with van der Waals surface area (Å²) < 4.78 is 13.6. The van der Waals surface area contributed by atoms with Gasteiger partial charge in [-0.25, -0.2) is 4.79 Å². The lowest BCUT2D eigenvalue weighted by Crippen LogP contribution is -2.53. The van der Waals surface area contributed by atoms with Crippen molar-refractivity contribution in [1.82, 2.24) is 34.8 Å². The van der Waals surface area contributed by atoms with Crippen LogP contribution in [0.15, 0.2) is 41.3 Å². The third kappa shape index (κ3) is 9.30. The predicted octanol–water partition coefficient (Wildman–Crippen LogP) is 2.90. The Kier molecular flexibility index (Phi) is 13.4. The summed E-state index contributed by atoms with van der Waals surface area (Å²) in [7, 11) is 6.71. The van der Waals surface area contributed by atoms with Gasteiger partial charge in [0.2, 0.25) is 18.2 Å². The molecule has 2 aromatic carbocycles. The second-order valence-corrected chi connectivity index (χ2v) is 16.6. The van der Waals surface area contributed by atoms with Gasteiger partial charge in [-0.05, 0) is 112 Å². The number of aryl methyl sites for hydroxylation is 2. The largest absolute Gasteiger partial charge is 0.496 e. The van der Waals surface area contributed by atoms with E-state index in [1.54, 1.807) is 43.8 Å². The number of amides is 6. The first-order chi connectivity index (χ1) is 29.4. The van der Waals surface area contributed by atoms with Gasteiger partial charge in [0.15, 0.2) is 0 Å². The summed E-state index contributed by atoms with van der Waals surface area (Å²) in [4.78, 5) is 84.6. The van der Waals surface area contributed by atoms with Crippen molar-refractivity contribution in [2.75, 3.05) is 78.5 Å². The van der Waals surface area contributed by atoms with Gasteiger partial charge in [-0.2, -0.15) is 0 Å². The third-order valence-corrected chi connectivity index (χ3v) is 13.0. The molecule has 3 saturated heterocycles. The Bertz CT molecular complexity index is 2200. The number of ether oxygens (including phenoxy) is 2. The molecule has 4 aliphatic rings. The number of rotatable bonds is 12. The number of methoxy groups -OCH3 is 2. The fourth-order valence-corrected chi connectivity index (χ4v) is 9.36. The predicted molar refractivity (Wildman–Crippen MR) is 230 cm³/mol. The summed E-state index contributed by atoms with van der Waals surface area (Å²) in [5.74, 6) is 0.557. The van der Waals surface area contributed by atoms with Gasteiger partial charge in [0.05, 0.1) is 26.3 Å². The van der Waals surface area contributed by atoms with Crippen LogP contribution in [0.2, 0.25) is 0 Å². The number of carbonyl (C=O) groups is 5. The molecule has 4 aliphatic heterocycles. The maximum Gasteiger partial charge on any atom is 0.317 e. The topological polar surface area (TPSA) is 166 Å². The Hall–Kier alpha value is -5.74. The number of piperazine rings is 1.